The van der Waals surface area contributed by atoms with Crippen LogP contribution in [0.1, 0.15) is 36.2 Å². The molecule has 4 rings (SSSR count). The summed E-state index contributed by atoms with van der Waals surface area (Å²) in [7, 11) is 0. The summed E-state index contributed by atoms with van der Waals surface area (Å²) in [5.74, 6) is 0.228. The highest BCUT2D eigenvalue weighted by Crippen LogP contribution is 2.38. The molecule has 0 spiro atoms. The minimum absolute atomic E-state index is 0.0306. The van der Waals surface area contributed by atoms with Crippen molar-refractivity contribution in [1.82, 2.24) is 9.78 Å². The Bertz CT molecular complexity index is 1070. The van der Waals surface area contributed by atoms with Gasteiger partial charge in [-0.15, -0.1) is 0 Å². The summed E-state index contributed by atoms with van der Waals surface area (Å²) >= 11 is 0. The van der Waals surface area contributed by atoms with Crippen molar-refractivity contribution in [1.29, 1.82) is 0 Å². The molecule has 2 N–H and O–H groups in total. The number of rotatable bonds is 5. The highest BCUT2D eigenvalue weighted by atomic mass is 16.2. The Kier molecular flexibility index (Phi) is 4.92. The first-order valence-electron chi connectivity index (χ1n) is 9.82. The van der Waals surface area contributed by atoms with E-state index in [4.69, 9.17) is 0 Å². The number of carbonyl (C=O) groups excluding carboxylic acids is 2. The average molecular weight is 388 g/mol. The van der Waals surface area contributed by atoms with Crippen LogP contribution in [0.5, 0.6) is 0 Å². The van der Waals surface area contributed by atoms with E-state index in [1.165, 1.54) is 11.1 Å². The van der Waals surface area contributed by atoms with E-state index < -0.39 is 6.04 Å². The van der Waals surface area contributed by atoms with Gasteiger partial charge >= 0.3 is 0 Å². The molecule has 1 unspecified atom stereocenters. The maximum absolute atomic E-state index is 12.6. The Balaban J connectivity index is 1.54. The zero-order valence-corrected chi connectivity index (χ0v) is 16.8. The minimum Gasteiger partial charge on any atom is -0.326 e. The molecule has 1 aliphatic heterocycles. The third-order valence-corrected chi connectivity index (χ3v) is 5.29. The van der Waals surface area contributed by atoms with E-state index in [0.29, 0.717) is 5.82 Å². The van der Waals surface area contributed by atoms with Gasteiger partial charge < -0.3 is 10.6 Å². The lowest BCUT2D eigenvalue weighted by atomic mass is 10.0. The fourth-order valence-corrected chi connectivity index (χ4v) is 3.66. The Morgan fingerprint density at radius 3 is 2.45 bits per heavy atom. The van der Waals surface area contributed by atoms with Gasteiger partial charge in [0.2, 0.25) is 5.91 Å². The molecule has 6 heteroatoms. The molecule has 2 amide bonds. The lowest BCUT2D eigenvalue weighted by molar-refractivity contribution is -0.123. The molecule has 0 aliphatic carbocycles. The van der Waals surface area contributed by atoms with E-state index >= 15 is 0 Å². The smallest absolute Gasteiger partial charge is 0.251 e. The second-order valence-electron chi connectivity index (χ2n) is 7.43. The quantitative estimate of drug-likeness (QED) is 0.686. The zero-order chi connectivity index (χ0) is 20.5. The second-order valence-corrected chi connectivity index (χ2v) is 7.43. The standard InChI is InChI=1S/C23H24N4O2/c1-4-16-7-11-18(12-8-16)24-20(28)13-19-23(29)25-22-21(15(3)26-27(19)22)17-9-5-14(2)6-10-17/h5-12,19H,4,13H2,1-3H3,(H,24,28)(H,25,29). The molecule has 29 heavy (non-hydrogen) atoms. The van der Waals surface area contributed by atoms with Crippen molar-refractivity contribution >= 4 is 23.3 Å². The lowest BCUT2D eigenvalue weighted by Gasteiger charge is -2.10. The molecule has 6 nitrogen and oxygen atoms in total. The van der Waals surface area contributed by atoms with Crippen LogP contribution in [-0.2, 0) is 16.0 Å². The molecule has 0 saturated heterocycles. The second kappa shape index (κ2) is 7.54. The number of benzene rings is 2. The number of nitrogens with one attached hydrogen (secondary N) is 2. The van der Waals surface area contributed by atoms with Crippen LogP contribution in [0.3, 0.4) is 0 Å². The molecule has 148 valence electrons. The molecule has 0 bridgehead atoms. The number of amides is 2. The molecule has 2 aromatic carbocycles. The van der Waals surface area contributed by atoms with E-state index in [1.54, 1.807) is 4.68 Å². The van der Waals surface area contributed by atoms with Crippen LogP contribution >= 0.6 is 0 Å². The van der Waals surface area contributed by atoms with Gasteiger partial charge in [0.1, 0.15) is 11.9 Å². The van der Waals surface area contributed by atoms with Crippen molar-refractivity contribution in [3.8, 4) is 11.1 Å². The molecular formula is C23H24N4O2. The molecule has 0 saturated carbocycles. The van der Waals surface area contributed by atoms with Gasteiger partial charge in [0.15, 0.2) is 0 Å². The third kappa shape index (κ3) is 3.66. The van der Waals surface area contributed by atoms with E-state index in [-0.39, 0.29) is 18.2 Å². The summed E-state index contributed by atoms with van der Waals surface area (Å²) in [5, 5.41) is 10.3. The first-order valence-corrected chi connectivity index (χ1v) is 9.82. The highest BCUT2D eigenvalue weighted by molar-refractivity contribution is 6.04. The molecule has 0 radical (unpaired) electrons. The monoisotopic (exact) mass is 388 g/mol. The largest absolute Gasteiger partial charge is 0.326 e. The van der Waals surface area contributed by atoms with Gasteiger partial charge in [-0.05, 0) is 43.5 Å². The van der Waals surface area contributed by atoms with Gasteiger partial charge in [0, 0.05) is 11.3 Å². The van der Waals surface area contributed by atoms with Crippen LogP contribution in [-0.4, -0.2) is 21.6 Å². The number of nitrogens with zero attached hydrogens (tertiary/aromatic N) is 2. The van der Waals surface area contributed by atoms with Gasteiger partial charge in [0.05, 0.1) is 12.1 Å². The fourth-order valence-electron chi connectivity index (χ4n) is 3.66. The van der Waals surface area contributed by atoms with Crippen LogP contribution in [0.2, 0.25) is 0 Å². The SMILES string of the molecule is CCc1ccc(NC(=O)CC2C(=O)Nc3c(-c4ccc(C)cc4)c(C)nn32)cc1. The number of fused-ring (bicyclic) bond motifs is 1. The van der Waals surface area contributed by atoms with Crippen molar-refractivity contribution < 1.29 is 9.59 Å². The van der Waals surface area contributed by atoms with E-state index in [0.717, 1.165) is 28.9 Å². The van der Waals surface area contributed by atoms with E-state index in [2.05, 4.69) is 22.7 Å². The first-order chi connectivity index (χ1) is 14.0. The summed E-state index contributed by atoms with van der Waals surface area (Å²) in [6.45, 7) is 6.03. The van der Waals surface area contributed by atoms with Crippen molar-refractivity contribution in [2.75, 3.05) is 10.6 Å². The normalized spacial score (nSPS) is 15.1. The number of hydrogen-bond donors (Lipinski definition) is 2. The average Bonchev–Trinajstić information content (AvgIpc) is 3.17. The topological polar surface area (TPSA) is 76.0 Å². The number of anilines is 2. The summed E-state index contributed by atoms with van der Waals surface area (Å²) < 4.78 is 1.65. The maximum Gasteiger partial charge on any atom is 0.251 e. The predicted octanol–water partition coefficient (Wildman–Crippen LogP) is 4.25. The fraction of sp³-hybridized carbons (Fsp3) is 0.261. The molecule has 1 atom stereocenters. The van der Waals surface area contributed by atoms with Crippen LogP contribution in [0, 0.1) is 13.8 Å². The number of aryl methyl sites for hydroxylation is 3. The van der Waals surface area contributed by atoms with Crippen molar-refractivity contribution in [3.63, 3.8) is 0 Å². The van der Waals surface area contributed by atoms with Gasteiger partial charge in [-0.3, -0.25) is 9.59 Å². The first kappa shape index (κ1) is 18.9. The van der Waals surface area contributed by atoms with Crippen molar-refractivity contribution in [3.05, 3.63) is 65.4 Å². The maximum atomic E-state index is 12.6. The molecule has 1 aromatic heterocycles. The zero-order valence-electron chi connectivity index (χ0n) is 16.8. The Morgan fingerprint density at radius 2 is 1.79 bits per heavy atom. The van der Waals surface area contributed by atoms with Crippen LogP contribution in [0.25, 0.3) is 11.1 Å². The number of hydrogen-bond acceptors (Lipinski definition) is 3. The van der Waals surface area contributed by atoms with Gasteiger partial charge in [-0.25, -0.2) is 4.68 Å². The molecule has 0 fully saturated rings. The summed E-state index contributed by atoms with van der Waals surface area (Å²) in [6, 6.07) is 15.2. The van der Waals surface area contributed by atoms with Gasteiger partial charge in [0.25, 0.3) is 5.91 Å². The minimum atomic E-state index is -0.655. The van der Waals surface area contributed by atoms with Crippen LogP contribution in [0.4, 0.5) is 11.5 Å². The predicted molar refractivity (Wildman–Crippen MR) is 114 cm³/mol. The van der Waals surface area contributed by atoms with E-state index in [1.807, 2.05) is 62.4 Å². The summed E-state index contributed by atoms with van der Waals surface area (Å²) in [4.78, 5) is 25.1. The van der Waals surface area contributed by atoms with Crippen molar-refractivity contribution in [2.24, 2.45) is 0 Å². The van der Waals surface area contributed by atoms with Crippen LogP contribution in [0.15, 0.2) is 48.5 Å². The number of carbonyl (C=O) groups is 2. The lowest BCUT2D eigenvalue weighted by Crippen LogP contribution is -2.23. The van der Waals surface area contributed by atoms with Crippen molar-refractivity contribution in [2.45, 2.75) is 39.7 Å². The third-order valence-electron chi connectivity index (χ3n) is 5.29. The Labute approximate surface area is 169 Å². The molecular weight excluding hydrogens is 364 g/mol. The van der Waals surface area contributed by atoms with E-state index in [9.17, 15) is 9.59 Å². The molecule has 3 aromatic rings. The Morgan fingerprint density at radius 1 is 1.10 bits per heavy atom. The highest BCUT2D eigenvalue weighted by Gasteiger charge is 2.36. The molecule has 1 aliphatic rings. The van der Waals surface area contributed by atoms with Crippen LogP contribution < -0.4 is 10.6 Å². The number of aromatic nitrogens is 2. The van der Waals surface area contributed by atoms with Gasteiger partial charge in [-0.2, -0.15) is 5.10 Å². The Hall–Kier alpha value is -3.41. The van der Waals surface area contributed by atoms with Gasteiger partial charge in [-0.1, -0.05) is 48.9 Å². The summed E-state index contributed by atoms with van der Waals surface area (Å²) in [5.41, 5.74) is 5.82. The molecule has 2 heterocycles. The summed E-state index contributed by atoms with van der Waals surface area (Å²) in [6.07, 6.45) is 0.976.